The molecule has 2 aliphatic carbocycles. The van der Waals surface area contributed by atoms with Crippen molar-refractivity contribution in [2.24, 2.45) is 0 Å². The van der Waals surface area contributed by atoms with Gasteiger partial charge in [0.2, 0.25) is 0 Å². The first-order valence-corrected chi connectivity index (χ1v) is 14.0. The minimum atomic E-state index is -0.543. The van der Waals surface area contributed by atoms with Crippen LogP contribution in [0.15, 0.2) is 193 Å². The Bertz CT molecular complexity index is 1510. The van der Waals surface area contributed by atoms with Gasteiger partial charge in [0.1, 0.15) is 0 Å². The van der Waals surface area contributed by atoms with E-state index in [2.05, 4.69) is 146 Å². The summed E-state index contributed by atoms with van der Waals surface area (Å²) in [6, 6.07) is 21.7. The Kier molecular flexibility index (Phi) is 8.12. The highest BCUT2D eigenvalue weighted by atomic mass is 15.1. The molecule has 198 valence electrons. The number of allylic oxidation sites excluding steroid dienone is 15. The predicted molar refractivity (Wildman–Crippen MR) is 171 cm³/mol. The fourth-order valence-electron chi connectivity index (χ4n) is 6.01. The van der Waals surface area contributed by atoms with Crippen LogP contribution in [0.25, 0.3) is 0 Å². The molecule has 2 aromatic rings. The molecule has 1 heteroatoms. The van der Waals surface area contributed by atoms with Crippen LogP contribution in [0.5, 0.6) is 0 Å². The molecule has 1 aliphatic heterocycles. The molecule has 1 nitrogen and oxygen atoms in total. The zero-order chi connectivity index (χ0) is 28.0. The third kappa shape index (κ3) is 4.92. The predicted octanol–water partition coefficient (Wildman–Crippen LogP) is 9.98. The molecule has 5 rings (SSSR count). The highest BCUT2D eigenvalue weighted by Gasteiger charge is 2.42. The van der Waals surface area contributed by atoms with Gasteiger partial charge in [0.15, 0.2) is 0 Å². The van der Waals surface area contributed by atoms with Gasteiger partial charge in [-0.25, -0.2) is 0 Å². The van der Waals surface area contributed by atoms with Crippen LogP contribution in [-0.2, 0) is 5.41 Å². The normalized spacial score (nSPS) is 23.0. The summed E-state index contributed by atoms with van der Waals surface area (Å²) >= 11 is 0. The molecule has 0 amide bonds. The Morgan fingerprint density at radius 2 is 1.62 bits per heavy atom. The van der Waals surface area contributed by atoms with E-state index in [0.717, 1.165) is 47.4 Å². The minimum absolute atomic E-state index is 0.543. The Labute approximate surface area is 239 Å². The van der Waals surface area contributed by atoms with Crippen LogP contribution in [0.4, 0.5) is 0 Å². The smallest absolute Gasteiger partial charge is 0.0696 e. The number of fused-ring (bicyclic) bond motifs is 1. The Balaban J connectivity index is 1.83. The summed E-state index contributed by atoms with van der Waals surface area (Å²) in [6.07, 6.45) is 28.5. The maximum atomic E-state index is 4.86. The summed E-state index contributed by atoms with van der Waals surface area (Å²) in [5, 5.41) is 0. The second-order valence-electron chi connectivity index (χ2n) is 10.2. The lowest BCUT2D eigenvalue weighted by molar-refractivity contribution is 0.598. The average Bonchev–Trinajstić information content (AvgIpc) is 3.46. The molecule has 0 bridgehead atoms. The van der Waals surface area contributed by atoms with E-state index < -0.39 is 5.41 Å². The molecule has 2 aromatic carbocycles. The molecule has 0 aromatic heterocycles. The van der Waals surface area contributed by atoms with Crippen LogP contribution in [0.1, 0.15) is 37.3 Å². The topological polar surface area (TPSA) is 3.24 Å². The van der Waals surface area contributed by atoms with Gasteiger partial charge in [0, 0.05) is 17.5 Å². The molecule has 0 fully saturated rings. The van der Waals surface area contributed by atoms with Crippen LogP contribution in [0, 0.1) is 0 Å². The second kappa shape index (κ2) is 12.1. The summed E-state index contributed by atoms with van der Waals surface area (Å²) in [5.41, 5.74) is 9.77. The van der Waals surface area contributed by atoms with Gasteiger partial charge < -0.3 is 4.90 Å². The summed E-state index contributed by atoms with van der Waals surface area (Å²) in [5.74, 6) is 0. The molecule has 0 unspecified atom stereocenters. The van der Waals surface area contributed by atoms with Gasteiger partial charge in [0.05, 0.1) is 11.1 Å². The van der Waals surface area contributed by atoms with E-state index in [4.69, 9.17) is 6.58 Å². The van der Waals surface area contributed by atoms with E-state index in [9.17, 15) is 0 Å². The SMILES string of the molecule is C=C/C(=C\CC=CC)N1/C=C\C=C/C(=C)C2=C/CC3=C(C=CC3)C(c3ccccc3)(c3ccccc3)C(=C)/C=C\21. The van der Waals surface area contributed by atoms with Crippen molar-refractivity contribution in [1.29, 1.82) is 0 Å². The lowest BCUT2D eigenvalue weighted by Gasteiger charge is -2.39. The first kappa shape index (κ1) is 27.0. The number of benzene rings is 2. The fourth-order valence-corrected chi connectivity index (χ4v) is 6.01. The quantitative estimate of drug-likeness (QED) is 0.271. The largest absolute Gasteiger partial charge is 0.317 e. The monoisotopic (exact) mass is 519 g/mol. The zero-order valence-corrected chi connectivity index (χ0v) is 23.4. The number of hydrogen-bond donors (Lipinski definition) is 0. The van der Waals surface area contributed by atoms with Gasteiger partial charge in [0.25, 0.3) is 0 Å². The van der Waals surface area contributed by atoms with E-state index in [0.29, 0.717) is 0 Å². The van der Waals surface area contributed by atoms with Gasteiger partial charge in [-0.05, 0) is 72.3 Å². The molecule has 40 heavy (non-hydrogen) atoms. The van der Waals surface area contributed by atoms with E-state index >= 15 is 0 Å². The van der Waals surface area contributed by atoms with Crippen molar-refractivity contribution in [3.8, 4) is 0 Å². The van der Waals surface area contributed by atoms with Gasteiger partial charge in [-0.2, -0.15) is 0 Å². The first-order chi connectivity index (χ1) is 19.6. The van der Waals surface area contributed by atoms with Crippen molar-refractivity contribution >= 4 is 0 Å². The molecule has 0 saturated heterocycles. The Morgan fingerprint density at radius 1 is 0.925 bits per heavy atom. The zero-order valence-electron chi connectivity index (χ0n) is 23.4. The molecule has 0 N–H and O–H groups in total. The lowest BCUT2D eigenvalue weighted by atomic mass is 9.63. The van der Waals surface area contributed by atoms with Gasteiger partial charge >= 0.3 is 0 Å². The van der Waals surface area contributed by atoms with Crippen molar-refractivity contribution in [2.45, 2.75) is 31.6 Å². The third-order valence-electron chi connectivity index (χ3n) is 7.90. The summed E-state index contributed by atoms with van der Waals surface area (Å²) in [4.78, 5) is 2.23. The number of rotatable bonds is 6. The molecule has 3 aliphatic rings. The van der Waals surface area contributed by atoms with Crippen molar-refractivity contribution < 1.29 is 0 Å². The molecular weight excluding hydrogens is 482 g/mol. The molecule has 0 radical (unpaired) electrons. The van der Waals surface area contributed by atoms with Crippen LogP contribution >= 0.6 is 0 Å². The summed E-state index contributed by atoms with van der Waals surface area (Å²) in [7, 11) is 0. The molecule has 1 heterocycles. The Morgan fingerprint density at radius 3 is 2.27 bits per heavy atom. The van der Waals surface area contributed by atoms with E-state index in [1.54, 1.807) is 0 Å². The molecule has 0 spiro atoms. The standard InChI is InChI=1S/C39H37N/c1-5-7-10-24-35(6-2)40-28-16-15-18-30(3)36-27-26-32-19-17-25-37(32)39(31(4)29-38(36)40,33-20-11-8-12-21-33)34-22-13-9-14-23-34/h5-9,11-18,20-25,27-29H,2-4,10,19,26H2,1H3/b7-5?,18-15-,28-16-,35-24+,36-27-,38-29+. The fraction of sp³-hybridized carbons (Fsp3) is 0.128. The second-order valence-corrected chi connectivity index (χ2v) is 10.2. The van der Waals surface area contributed by atoms with Crippen molar-refractivity contribution in [3.63, 3.8) is 0 Å². The summed E-state index contributed by atoms with van der Waals surface area (Å²) < 4.78 is 0. The molecule has 0 saturated carbocycles. The van der Waals surface area contributed by atoms with E-state index in [1.165, 1.54) is 22.3 Å². The van der Waals surface area contributed by atoms with Crippen molar-refractivity contribution in [3.05, 3.63) is 204 Å². The highest BCUT2D eigenvalue weighted by Crippen LogP contribution is 2.51. The van der Waals surface area contributed by atoms with E-state index in [-0.39, 0.29) is 0 Å². The van der Waals surface area contributed by atoms with Gasteiger partial charge in [-0.15, -0.1) is 0 Å². The van der Waals surface area contributed by atoms with E-state index in [1.807, 2.05) is 13.0 Å². The highest BCUT2D eigenvalue weighted by molar-refractivity contribution is 5.67. The van der Waals surface area contributed by atoms with Crippen molar-refractivity contribution in [1.82, 2.24) is 4.90 Å². The van der Waals surface area contributed by atoms with Crippen molar-refractivity contribution in [2.75, 3.05) is 0 Å². The average molecular weight is 520 g/mol. The minimum Gasteiger partial charge on any atom is -0.317 e. The molecule has 0 atom stereocenters. The van der Waals surface area contributed by atoms with Crippen LogP contribution in [0.3, 0.4) is 0 Å². The third-order valence-corrected chi connectivity index (χ3v) is 7.90. The maximum Gasteiger partial charge on any atom is 0.0696 e. The first-order valence-electron chi connectivity index (χ1n) is 14.0. The molecular formula is C39H37N. The summed E-state index contributed by atoms with van der Waals surface area (Å²) in [6.45, 7) is 15.6. The van der Waals surface area contributed by atoms with Crippen LogP contribution in [-0.4, -0.2) is 4.90 Å². The Hall–Kier alpha value is -4.62. The van der Waals surface area contributed by atoms with Gasteiger partial charge in [-0.3, -0.25) is 0 Å². The lowest BCUT2D eigenvalue weighted by Crippen LogP contribution is -2.32. The van der Waals surface area contributed by atoms with Gasteiger partial charge in [-0.1, -0.05) is 135 Å². The maximum absolute atomic E-state index is 4.86. The van der Waals surface area contributed by atoms with Crippen LogP contribution in [0.2, 0.25) is 0 Å². The number of hydrogen-bond acceptors (Lipinski definition) is 1. The number of nitrogens with zero attached hydrogens (tertiary/aromatic N) is 1. The van der Waals surface area contributed by atoms with Crippen LogP contribution < -0.4 is 0 Å².